The van der Waals surface area contributed by atoms with Crippen molar-refractivity contribution in [2.24, 2.45) is 0 Å². The Bertz CT molecular complexity index is 253. The summed E-state index contributed by atoms with van der Waals surface area (Å²) >= 11 is 1.57. The quantitative estimate of drug-likeness (QED) is 0.697. The summed E-state index contributed by atoms with van der Waals surface area (Å²) in [5.74, 6) is 0. The van der Waals surface area contributed by atoms with Gasteiger partial charge in [-0.3, -0.25) is 0 Å². The fourth-order valence-corrected chi connectivity index (χ4v) is 1.71. The van der Waals surface area contributed by atoms with Crippen LogP contribution in [0.25, 0.3) is 0 Å². The molecule has 0 aliphatic rings. The van der Waals surface area contributed by atoms with E-state index >= 15 is 0 Å². The van der Waals surface area contributed by atoms with Crippen LogP contribution in [0.4, 0.5) is 0 Å². The number of nitrogens with zero attached hydrogens (tertiary/aromatic N) is 1. The Balaban J connectivity index is 2.12. The molecule has 1 aromatic rings. The second kappa shape index (κ2) is 6.75. The first kappa shape index (κ1) is 11.4. The molecule has 1 aromatic heterocycles. The zero-order chi connectivity index (χ0) is 10.2. The van der Waals surface area contributed by atoms with Crippen LogP contribution >= 0.6 is 11.3 Å². The average molecular weight is 216 g/mol. The predicted octanol–water partition coefficient (Wildman–Crippen LogP) is 1.28. The fourth-order valence-electron chi connectivity index (χ4n) is 1.02. The first-order chi connectivity index (χ1) is 6.86. The van der Waals surface area contributed by atoms with Gasteiger partial charge in [-0.25, -0.2) is 4.98 Å². The molecule has 0 aromatic carbocycles. The van der Waals surface area contributed by atoms with Crippen molar-refractivity contribution in [2.75, 3.05) is 27.4 Å². The lowest BCUT2D eigenvalue weighted by molar-refractivity contribution is 0.194. The molecule has 1 rings (SSSR count). The largest absolute Gasteiger partial charge is 0.473 e. The third-order valence-electron chi connectivity index (χ3n) is 1.71. The van der Waals surface area contributed by atoms with Crippen molar-refractivity contribution in [3.63, 3.8) is 0 Å². The van der Waals surface area contributed by atoms with Crippen molar-refractivity contribution in [3.8, 4) is 5.19 Å². The van der Waals surface area contributed by atoms with Gasteiger partial charge in [-0.15, -0.1) is 0 Å². The summed E-state index contributed by atoms with van der Waals surface area (Å²) in [5.41, 5.74) is 0. The molecule has 0 aliphatic heterocycles. The molecule has 0 saturated heterocycles. The molecule has 0 spiro atoms. The van der Waals surface area contributed by atoms with Gasteiger partial charge < -0.3 is 14.8 Å². The Morgan fingerprint density at radius 3 is 3.00 bits per heavy atom. The van der Waals surface area contributed by atoms with Crippen molar-refractivity contribution in [2.45, 2.75) is 13.0 Å². The summed E-state index contributed by atoms with van der Waals surface area (Å²) < 4.78 is 9.95. The van der Waals surface area contributed by atoms with E-state index in [0.29, 0.717) is 0 Å². The summed E-state index contributed by atoms with van der Waals surface area (Å²) in [7, 11) is 3.35. The van der Waals surface area contributed by atoms with Crippen molar-refractivity contribution in [1.82, 2.24) is 10.3 Å². The van der Waals surface area contributed by atoms with Crippen LogP contribution in [-0.4, -0.2) is 32.4 Å². The Hall–Kier alpha value is -0.650. The molecule has 0 amide bonds. The second-order valence-corrected chi connectivity index (χ2v) is 3.90. The topological polar surface area (TPSA) is 43.4 Å². The molecule has 5 heteroatoms. The zero-order valence-corrected chi connectivity index (χ0v) is 9.39. The molecule has 0 fully saturated rings. The highest BCUT2D eigenvalue weighted by atomic mass is 32.1. The minimum Gasteiger partial charge on any atom is -0.473 e. The number of methoxy groups -OCH3 is 2. The maximum Gasteiger partial charge on any atom is 0.273 e. The van der Waals surface area contributed by atoms with E-state index in [0.717, 1.165) is 31.3 Å². The Labute approximate surface area is 88.3 Å². The van der Waals surface area contributed by atoms with E-state index in [9.17, 15) is 0 Å². The van der Waals surface area contributed by atoms with Crippen LogP contribution in [0.2, 0.25) is 0 Å². The molecular formula is C9H16N2O2S. The van der Waals surface area contributed by atoms with Crippen molar-refractivity contribution >= 4 is 11.3 Å². The van der Waals surface area contributed by atoms with E-state index in [-0.39, 0.29) is 0 Å². The maximum atomic E-state index is 5.00. The molecule has 4 nitrogen and oxygen atoms in total. The lowest BCUT2D eigenvalue weighted by Crippen LogP contribution is -2.15. The average Bonchev–Trinajstić information content (AvgIpc) is 2.65. The zero-order valence-electron chi connectivity index (χ0n) is 8.58. The standard InChI is InChI=1S/C9H16N2O2S/c1-12-5-3-4-10-6-8-7-11-9(13-2)14-8/h7,10H,3-6H2,1-2H3. The summed E-state index contributed by atoms with van der Waals surface area (Å²) in [6.45, 7) is 2.62. The van der Waals surface area contributed by atoms with Crippen LogP contribution in [0.1, 0.15) is 11.3 Å². The van der Waals surface area contributed by atoms with Crippen molar-refractivity contribution in [3.05, 3.63) is 11.1 Å². The highest BCUT2D eigenvalue weighted by Crippen LogP contribution is 2.19. The SMILES string of the molecule is COCCCNCc1cnc(OC)s1. The molecule has 0 bridgehead atoms. The molecule has 0 atom stereocenters. The van der Waals surface area contributed by atoms with Gasteiger partial charge in [0.2, 0.25) is 0 Å². The molecule has 1 heterocycles. The maximum absolute atomic E-state index is 5.00. The normalized spacial score (nSPS) is 10.4. The second-order valence-electron chi connectivity index (χ2n) is 2.82. The summed E-state index contributed by atoms with van der Waals surface area (Å²) in [6.07, 6.45) is 2.87. The fraction of sp³-hybridized carbons (Fsp3) is 0.667. The van der Waals surface area contributed by atoms with Crippen LogP contribution in [0.3, 0.4) is 0 Å². The molecule has 0 aliphatic carbocycles. The molecule has 0 unspecified atom stereocenters. The van der Waals surface area contributed by atoms with Gasteiger partial charge in [0.1, 0.15) is 0 Å². The van der Waals surface area contributed by atoms with Gasteiger partial charge in [0.15, 0.2) is 0 Å². The van der Waals surface area contributed by atoms with E-state index < -0.39 is 0 Å². The number of thiazole rings is 1. The van der Waals surface area contributed by atoms with Crippen LogP contribution in [0, 0.1) is 0 Å². The highest BCUT2D eigenvalue weighted by molar-refractivity contribution is 7.13. The minimum absolute atomic E-state index is 0.721. The number of rotatable bonds is 7. The minimum atomic E-state index is 0.721. The number of hydrogen-bond donors (Lipinski definition) is 1. The molecule has 0 saturated carbocycles. The first-order valence-electron chi connectivity index (χ1n) is 4.55. The Morgan fingerprint density at radius 2 is 2.36 bits per heavy atom. The van der Waals surface area contributed by atoms with Crippen molar-refractivity contribution in [1.29, 1.82) is 0 Å². The Kier molecular flexibility index (Phi) is 5.51. The molecular weight excluding hydrogens is 200 g/mol. The van der Waals surface area contributed by atoms with Gasteiger partial charge in [0.25, 0.3) is 5.19 Å². The van der Waals surface area contributed by atoms with Gasteiger partial charge >= 0.3 is 0 Å². The van der Waals surface area contributed by atoms with E-state index in [2.05, 4.69) is 10.3 Å². The van der Waals surface area contributed by atoms with E-state index in [1.807, 2.05) is 6.20 Å². The van der Waals surface area contributed by atoms with Gasteiger partial charge in [-0.05, 0) is 13.0 Å². The summed E-state index contributed by atoms with van der Waals surface area (Å²) in [5, 5.41) is 4.03. The molecule has 14 heavy (non-hydrogen) atoms. The Morgan fingerprint density at radius 1 is 1.50 bits per heavy atom. The number of aromatic nitrogens is 1. The monoisotopic (exact) mass is 216 g/mol. The third-order valence-corrected chi connectivity index (χ3v) is 2.67. The van der Waals surface area contributed by atoms with Crippen LogP contribution in [-0.2, 0) is 11.3 Å². The van der Waals surface area contributed by atoms with Gasteiger partial charge in [0.05, 0.1) is 7.11 Å². The molecule has 80 valence electrons. The van der Waals surface area contributed by atoms with Gasteiger partial charge in [0, 0.05) is 31.3 Å². The van der Waals surface area contributed by atoms with Crippen LogP contribution < -0.4 is 10.1 Å². The first-order valence-corrected chi connectivity index (χ1v) is 5.37. The predicted molar refractivity (Wildman–Crippen MR) is 56.9 cm³/mol. The number of nitrogens with one attached hydrogen (secondary N) is 1. The summed E-state index contributed by atoms with van der Waals surface area (Å²) in [6, 6.07) is 0. The lowest BCUT2D eigenvalue weighted by atomic mass is 10.4. The van der Waals surface area contributed by atoms with Crippen molar-refractivity contribution < 1.29 is 9.47 Å². The van der Waals surface area contributed by atoms with Gasteiger partial charge in [-0.1, -0.05) is 11.3 Å². The lowest BCUT2D eigenvalue weighted by Gasteiger charge is -2.01. The van der Waals surface area contributed by atoms with Crippen LogP contribution in [0.5, 0.6) is 5.19 Å². The highest BCUT2D eigenvalue weighted by Gasteiger charge is 2.00. The summed E-state index contributed by atoms with van der Waals surface area (Å²) in [4.78, 5) is 5.28. The van der Waals surface area contributed by atoms with E-state index in [4.69, 9.17) is 9.47 Å². The number of hydrogen-bond acceptors (Lipinski definition) is 5. The van der Waals surface area contributed by atoms with Crippen LogP contribution in [0.15, 0.2) is 6.20 Å². The molecule has 0 radical (unpaired) electrons. The number of ether oxygens (including phenoxy) is 2. The molecule has 1 N–H and O–H groups in total. The van der Waals surface area contributed by atoms with E-state index in [1.165, 1.54) is 4.88 Å². The third kappa shape index (κ3) is 4.04. The van der Waals surface area contributed by atoms with Gasteiger partial charge in [-0.2, -0.15) is 0 Å². The smallest absolute Gasteiger partial charge is 0.273 e. The van der Waals surface area contributed by atoms with E-state index in [1.54, 1.807) is 25.6 Å².